The van der Waals surface area contributed by atoms with Crippen molar-refractivity contribution >= 4 is 22.6 Å². The summed E-state index contributed by atoms with van der Waals surface area (Å²) in [7, 11) is 0. The first kappa shape index (κ1) is 25.0. The number of rotatable bonds is 9. The van der Waals surface area contributed by atoms with Crippen LogP contribution < -0.4 is 0 Å². The molecule has 0 fully saturated rings. The second-order valence-electron chi connectivity index (χ2n) is 5.60. The van der Waals surface area contributed by atoms with Gasteiger partial charge in [-0.3, -0.25) is 0 Å². The maximum Gasteiger partial charge on any atom is 0.460 e. The minimum absolute atomic E-state index is 0.205. The lowest BCUT2D eigenvalue weighted by atomic mass is 9.86. The summed E-state index contributed by atoms with van der Waals surface area (Å²) >= 11 is 1.15. The van der Waals surface area contributed by atoms with Crippen LogP contribution in [0, 0.1) is 0 Å². The van der Waals surface area contributed by atoms with Crippen molar-refractivity contribution in [1.29, 1.82) is 0 Å². The summed E-state index contributed by atoms with van der Waals surface area (Å²) in [6, 6.07) is 0. The predicted octanol–water partition coefficient (Wildman–Crippen LogP) is 7.25. The van der Waals surface area contributed by atoms with Crippen LogP contribution in [0.2, 0.25) is 0 Å². The Morgan fingerprint density at radius 1 is 0.680 bits per heavy atom. The summed E-state index contributed by atoms with van der Waals surface area (Å²) < 4.78 is 140. The summed E-state index contributed by atoms with van der Waals surface area (Å²) in [6.45, 7) is 1.80. The van der Waals surface area contributed by atoms with Gasteiger partial charge in [0.1, 0.15) is 0 Å². The molecule has 0 aromatic heterocycles. The molecule has 2 unspecified atom stereocenters. The standard InChI is InChI=1S/C13H16F11I/c1-2-3-4-5-6-8(25)7-9(14,12(19,20)21)10(15,16)11(17,18)13(22,23)24/h8H,2-7H2,1H3. The Kier molecular flexibility index (Phi) is 8.31. The zero-order chi connectivity index (χ0) is 20.3. The van der Waals surface area contributed by atoms with Gasteiger partial charge in [-0.25, -0.2) is 4.39 Å². The molecule has 0 nitrogen and oxygen atoms in total. The summed E-state index contributed by atoms with van der Waals surface area (Å²) in [6.07, 6.45) is -14.0. The molecule has 0 bridgehead atoms. The minimum atomic E-state index is -7.18. The molecule has 0 aliphatic heterocycles. The molecule has 0 saturated heterocycles. The predicted molar refractivity (Wildman–Crippen MR) is 77.0 cm³/mol. The van der Waals surface area contributed by atoms with E-state index in [0.29, 0.717) is 12.8 Å². The molecule has 0 heterocycles. The van der Waals surface area contributed by atoms with E-state index in [-0.39, 0.29) is 12.8 Å². The van der Waals surface area contributed by atoms with Gasteiger partial charge in [0.2, 0.25) is 0 Å². The van der Waals surface area contributed by atoms with Gasteiger partial charge in [-0.2, -0.15) is 43.9 Å². The first-order valence-corrected chi connectivity index (χ1v) is 8.42. The van der Waals surface area contributed by atoms with Crippen molar-refractivity contribution in [2.75, 3.05) is 0 Å². The Bertz CT molecular complexity index is 415. The van der Waals surface area contributed by atoms with E-state index in [1.165, 1.54) is 0 Å². The highest BCUT2D eigenvalue weighted by Gasteiger charge is 2.86. The Morgan fingerprint density at radius 2 is 1.16 bits per heavy atom. The highest BCUT2D eigenvalue weighted by atomic mass is 127. The van der Waals surface area contributed by atoms with E-state index in [1.807, 2.05) is 0 Å². The van der Waals surface area contributed by atoms with Crippen LogP contribution in [0.25, 0.3) is 0 Å². The van der Waals surface area contributed by atoms with E-state index >= 15 is 0 Å². The maximum absolute atomic E-state index is 14.1. The SMILES string of the molecule is CCCCCCC(I)CC(F)(C(F)(F)F)C(F)(F)C(F)(F)C(F)(F)F. The monoisotopic (exact) mass is 508 g/mol. The minimum Gasteiger partial charge on any atom is -0.227 e. The van der Waals surface area contributed by atoms with Gasteiger partial charge in [-0.05, 0) is 6.42 Å². The first-order valence-electron chi connectivity index (χ1n) is 7.17. The van der Waals surface area contributed by atoms with Gasteiger partial charge in [-0.1, -0.05) is 55.2 Å². The van der Waals surface area contributed by atoms with Crippen molar-refractivity contribution in [2.24, 2.45) is 0 Å². The summed E-state index contributed by atoms with van der Waals surface area (Å²) in [5.41, 5.74) is -6.02. The van der Waals surface area contributed by atoms with Crippen LogP contribution in [0.1, 0.15) is 45.4 Å². The Morgan fingerprint density at radius 3 is 1.52 bits per heavy atom. The molecule has 0 aliphatic carbocycles. The largest absolute Gasteiger partial charge is 0.460 e. The topological polar surface area (TPSA) is 0 Å². The molecule has 152 valence electrons. The fourth-order valence-electron chi connectivity index (χ4n) is 2.05. The van der Waals surface area contributed by atoms with Gasteiger partial charge in [-0.15, -0.1) is 0 Å². The molecule has 0 aliphatic rings. The summed E-state index contributed by atoms with van der Waals surface area (Å²) in [5.74, 6) is -14.2. The molecular weight excluding hydrogens is 492 g/mol. The number of halogens is 12. The highest BCUT2D eigenvalue weighted by molar-refractivity contribution is 14.1. The fourth-order valence-corrected chi connectivity index (χ4v) is 3.10. The fraction of sp³-hybridized carbons (Fsp3) is 1.00. The molecule has 0 amide bonds. The van der Waals surface area contributed by atoms with Gasteiger partial charge in [0, 0.05) is 10.3 Å². The van der Waals surface area contributed by atoms with Crippen LogP contribution in [0.4, 0.5) is 48.3 Å². The van der Waals surface area contributed by atoms with Crippen LogP contribution in [0.15, 0.2) is 0 Å². The maximum atomic E-state index is 14.1. The van der Waals surface area contributed by atoms with E-state index in [1.54, 1.807) is 6.92 Å². The zero-order valence-electron chi connectivity index (χ0n) is 12.9. The van der Waals surface area contributed by atoms with Crippen molar-refractivity contribution in [2.45, 2.75) is 79.2 Å². The lowest BCUT2D eigenvalue weighted by molar-refractivity contribution is -0.412. The second-order valence-corrected chi connectivity index (χ2v) is 7.36. The average molecular weight is 508 g/mol. The van der Waals surface area contributed by atoms with E-state index in [9.17, 15) is 48.3 Å². The molecule has 25 heavy (non-hydrogen) atoms. The Labute approximate surface area is 150 Å². The summed E-state index contributed by atoms with van der Waals surface area (Å²) in [4.78, 5) is 0. The number of alkyl halides is 12. The molecule has 2 atom stereocenters. The van der Waals surface area contributed by atoms with Crippen molar-refractivity contribution in [3.05, 3.63) is 0 Å². The van der Waals surface area contributed by atoms with Crippen molar-refractivity contribution < 1.29 is 48.3 Å². The van der Waals surface area contributed by atoms with E-state index < -0.39 is 40.2 Å². The molecular formula is C13H16F11I. The van der Waals surface area contributed by atoms with E-state index in [0.717, 1.165) is 29.0 Å². The van der Waals surface area contributed by atoms with Gasteiger partial charge in [0.05, 0.1) is 0 Å². The van der Waals surface area contributed by atoms with E-state index in [2.05, 4.69) is 0 Å². The van der Waals surface area contributed by atoms with Crippen LogP contribution in [0.3, 0.4) is 0 Å². The number of unbranched alkanes of at least 4 members (excludes halogenated alkanes) is 3. The smallest absolute Gasteiger partial charge is 0.227 e. The first-order chi connectivity index (χ1) is 11.0. The quantitative estimate of drug-likeness (QED) is 0.133. The lowest BCUT2D eigenvalue weighted by Crippen LogP contribution is -2.67. The third-order valence-electron chi connectivity index (χ3n) is 3.57. The molecule has 0 spiro atoms. The van der Waals surface area contributed by atoms with Crippen LogP contribution in [-0.4, -0.2) is 33.8 Å². The second kappa shape index (κ2) is 8.32. The Balaban J connectivity index is 5.62. The van der Waals surface area contributed by atoms with Crippen LogP contribution in [-0.2, 0) is 0 Å². The third-order valence-corrected chi connectivity index (χ3v) is 4.63. The van der Waals surface area contributed by atoms with Crippen molar-refractivity contribution in [3.8, 4) is 0 Å². The zero-order valence-corrected chi connectivity index (χ0v) is 15.0. The molecule has 0 N–H and O–H groups in total. The molecule has 0 radical (unpaired) electrons. The number of hydrogen-bond donors (Lipinski definition) is 0. The average Bonchev–Trinajstić information content (AvgIpc) is 2.40. The number of hydrogen-bond acceptors (Lipinski definition) is 0. The van der Waals surface area contributed by atoms with Gasteiger partial charge in [0.25, 0.3) is 5.67 Å². The molecule has 0 saturated carbocycles. The Hall–Kier alpha value is -0.0400. The molecule has 0 rings (SSSR count). The van der Waals surface area contributed by atoms with E-state index in [4.69, 9.17) is 0 Å². The third kappa shape index (κ3) is 5.24. The van der Waals surface area contributed by atoms with Crippen molar-refractivity contribution in [1.82, 2.24) is 0 Å². The molecule has 0 aromatic rings. The lowest BCUT2D eigenvalue weighted by Gasteiger charge is -2.40. The molecule has 0 aromatic carbocycles. The highest BCUT2D eigenvalue weighted by Crippen LogP contribution is 2.59. The van der Waals surface area contributed by atoms with Gasteiger partial charge in [0.15, 0.2) is 0 Å². The normalized spacial score (nSPS) is 18.1. The van der Waals surface area contributed by atoms with Crippen LogP contribution >= 0.6 is 22.6 Å². The molecule has 12 heteroatoms. The van der Waals surface area contributed by atoms with Gasteiger partial charge >= 0.3 is 24.2 Å². The van der Waals surface area contributed by atoms with Crippen molar-refractivity contribution in [3.63, 3.8) is 0 Å². The van der Waals surface area contributed by atoms with Gasteiger partial charge < -0.3 is 0 Å². The summed E-state index contributed by atoms with van der Waals surface area (Å²) in [5, 5.41) is 0. The van der Waals surface area contributed by atoms with Crippen LogP contribution in [0.5, 0.6) is 0 Å².